The molecule has 0 spiro atoms. The maximum Gasteiger partial charge on any atom is 0.300 e. The molecule has 1 amide bonds. The van der Waals surface area contributed by atoms with Crippen molar-refractivity contribution >= 4 is 23.1 Å². The second-order valence-corrected chi connectivity index (χ2v) is 8.90. The Balaban J connectivity index is 1.83. The average Bonchev–Trinajstić information content (AvgIpc) is 3.10. The zero-order valence-electron chi connectivity index (χ0n) is 19.8. The zero-order chi connectivity index (χ0) is 24.4. The highest BCUT2D eigenvalue weighted by atomic mass is 16.5. The van der Waals surface area contributed by atoms with Gasteiger partial charge in [-0.15, -0.1) is 0 Å². The predicted molar refractivity (Wildman–Crippen MR) is 132 cm³/mol. The summed E-state index contributed by atoms with van der Waals surface area (Å²) >= 11 is 0. The van der Waals surface area contributed by atoms with Gasteiger partial charge in [-0.05, 0) is 78.9 Å². The third kappa shape index (κ3) is 4.31. The molecular weight excluding hydrogens is 428 g/mol. The van der Waals surface area contributed by atoms with E-state index in [1.807, 2.05) is 32.0 Å². The van der Waals surface area contributed by atoms with Crippen LogP contribution in [-0.4, -0.2) is 28.4 Å². The van der Waals surface area contributed by atoms with Gasteiger partial charge in [0.15, 0.2) is 0 Å². The summed E-state index contributed by atoms with van der Waals surface area (Å²) in [6.45, 7) is 8.58. The van der Waals surface area contributed by atoms with E-state index in [0.29, 0.717) is 35.1 Å². The monoisotopic (exact) mass is 456 g/mol. The van der Waals surface area contributed by atoms with E-state index in [4.69, 9.17) is 4.74 Å². The number of hydrogen-bond acceptors (Lipinski definition) is 5. The molecule has 0 saturated carbocycles. The second kappa shape index (κ2) is 9.51. The van der Waals surface area contributed by atoms with Gasteiger partial charge in [0.2, 0.25) is 0 Å². The molecule has 6 heteroatoms. The number of benzene rings is 2. The Morgan fingerprint density at radius 2 is 1.71 bits per heavy atom. The lowest BCUT2D eigenvalue weighted by Crippen LogP contribution is -2.30. The second-order valence-electron chi connectivity index (χ2n) is 8.90. The van der Waals surface area contributed by atoms with Gasteiger partial charge in [0, 0.05) is 23.6 Å². The highest BCUT2D eigenvalue weighted by Crippen LogP contribution is 2.43. The summed E-state index contributed by atoms with van der Waals surface area (Å²) in [6.07, 6.45) is 3.22. The van der Waals surface area contributed by atoms with Crippen molar-refractivity contribution in [3.63, 3.8) is 0 Å². The lowest BCUT2D eigenvalue weighted by atomic mass is 9.95. The number of Topliss-reactive ketones (excluding diaryl/α,β-unsaturated/α-hetero) is 1. The Hall–Kier alpha value is -3.93. The summed E-state index contributed by atoms with van der Waals surface area (Å²) in [6, 6.07) is 15.3. The van der Waals surface area contributed by atoms with Crippen molar-refractivity contribution in [2.45, 2.75) is 33.7 Å². The number of carbonyl (C=O) groups is 2. The van der Waals surface area contributed by atoms with Crippen LogP contribution in [0.4, 0.5) is 5.69 Å². The number of nitrogens with zero attached hydrogens (tertiary/aromatic N) is 2. The first kappa shape index (κ1) is 23.2. The van der Waals surface area contributed by atoms with Crippen molar-refractivity contribution in [3.05, 3.63) is 94.8 Å². The molecule has 1 aromatic heterocycles. The molecule has 0 aliphatic carbocycles. The quantitative estimate of drug-likeness (QED) is 0.307. The van der Waals surface area contributed by atoms with Gasteiger partial charge >= 0.3 is 0 Å². The Kier molecular flexibility index (Phi) is 6.50. The van der Waals surface area contributed by atoms with Crippen LogP contribution in [0.15, 0.2) is 72.6 Å². The van der Waals surface area contributed by atoms with E-state index in [9.17, 15) is 14.7 Å². The average molecular weight is 457 g/mol. The molecule has 2 heterocycles. The van der Waals surface area contributed by atoms with Crippen LogP contribution in [-0.2, 0) is 9.59 Å². The summed E-state index contributed by atoms with van der Waals surface area (Å²) in [4.78, 5) is 32.1. The largest absolute Gasteiger partial charge is 0.507 e. The molecule has 0 radical (unpaired) electrons. The fourth-order valence-electron chi connectivity index (χ4n) is 4.07. The molecule has 1 fully saturated rings. The van der Waals surface area contributed by atoms with Crippen molar-refractivity contribution in [2.75, 3.05) is 11.5 Å². The summed E-state index contributed by atoms with van der Waals surface area (Å²) in [5.41, 5.74) is 3.72. The van der Waals surface area contributed by atoms with E-state index in [-0.39, 0.29) is 11.3 Å². The van der Waals surface area contributed by atoms with E-state index in [0.717, 1.165) is 11.1 Å². The number of ether oxygens (including phenoxy) is 1. The van der Waals surface area contributed by atoms with Crippen molar-refractivity contribution in [3.8, 4) is 5.75 Å². The van der Waals surface area contributed by atoms with E-state index in [2.05, 4.69) is 18.8 Å². The SMILES string of the molecule is Cc1cccc(N2C(=O)C(=O)/C(=C(/O)c3ccc(OCC(C)C)cc3)C2c2ccncc2)c1C. The van der Waals surface area contributed by atoms with Crippen molar-refractivity contribution in [1.82, 2.24) is 4.98 Å². The molecule has 1 N–H and O–H groups in total. The zero-order valence-corrected chi connectivity index (χ0v) is 19.8. The van der Waals surface area contributed by atoms with E-state index < -0.39 is 17.7 Å². The van der Waals surface area contributed by atoms with Crippen LogP contribution < -0.4 is 9.64 Å². The molecular formula is C28H28N2O4. The number of carbonyl (C=O) groups excluding carboxylic acids is 2. The number of aliphatic hydroxyl groups excluding tert-OH is 1. The predicted octanol–water partition coefficient (Wildman–Crippen LogP) is 5.36. The van der Waals surface area contributed by atoms with Crippen LogP contribution in [0, 0.1) is 19.8 Å². The molecule has 4 rings (SSSR count). The van der Waals surface area contributed by atoms with Crippen molar-refractivity contribution in [1.29, 1.82) is 0 Å². The molecule has 0 bridgehead atoms. The molecule has 1 saturated heterocycles. The van der Waals surface area contributed by atoms with Crippen LogP contribution in [0.5, 0.6) is 5.75 Å². The fraction of sp³-hybridized carbons (Fsp3) is 0.250. The van der Waals surface area contributed by atoms with Crippen LogP contribution >= 0.6 is 0 Å². The maximum atomic E-state index is 13.3. The molecule has 1 aliphatic rings. The molecule has 2 aromatic carbocycles. The van der Waals surface area contributed by atoms with Crippen molar-refractivity contribution in [2.24, 2.45) is 5.92 Å². The lowest BCUT2D eigenvalue weighted by Gasteiger charge is -2.27. The highest BCUT2D eigenvalue weighted by molar-refractivity contribution is 6.51. The third-order valence-corrected chi connectivity index (χ3v) is 6.01. The molecule has 1 aliphatic heterocycles. The minimum Gasteiger partial charge on any atom is -0.507 e. The Morgan fingerprint density at radius 1 is 1.03 bits per heavy atom. The number of amides is 1. The van der Waals surface area contributed by atoms with Gasteiger partial charge in [0.05, 0.1) is 18.2 Å². The molecule has 174 valence electrons. The van der Waals surface area contributed by atoms with Gasteiger partial charge in [0.1, 0.15) is 11.5 Å². The first-order valence-electron chi connectivity index (χ1n) is 11.3. The van der Waals surface area contributed by atoms with Gasteiger partial charge < -0.3 is 9.84 Å². The van der Waals surface area contributed by atoms with E-state index >= 15 is 0 Å². The van der Waals surface area contributed by atoms with Gasteiger partial charge in [-0.1, -0.05) is 26.0 Å². The van der Waals surface area contributed by atoms with Crippen LogP contribution in [0.1, 0.15) is 42.1 Å². The number of anilines is 1. The standard InChI is InChI=1S/C28H28N2O4/c1-17(2)16-34-22-10-8-21(9-11-22)26(31)24-25(20-12-14-29-15-13-20)30(28(33)27(24)32)23-7-5-6-18(3)19(23)4/h5-15,17,25,31H,16H2,1-4H3/b26-24+. The van der Waals surface area contributed by atoms with E-state index in [1.165, 1.54) is 4.90 Å². The highest BCUT2D eigenvalue weighted by Gasteiger charge is 2.47. The van der Waals surface area contributed by atoms with Gasteiger partial charge in [0.25, 0.3) is 11.7 Å². The Labute approximate surface area is 199 Å². The molecule has 1 unspecified atom stereocenters. The smallest absolute Gasteiger partial charge is 0.300 e. The van der Waals surface area contributed by atoms with Gasteiger partial charge in [-0.25, -0.2) is 0 Å². The maximum absolute atomic E-state index is 13.3. The Bertz CT molecular complexity index is 1250. The first-order chi connectivity index (χ1) is 16.3. The van der Waals surface area contributed by atoms with Crippen molar-refractivity contribution < 1.29 is 19.4 Å². The number of ketones is 1. The summed E-state index contributed by atoms with van der Waals surface area (Å²) < 4.78 is 5.72. The minimum atomic E-state index is -0.777. The molecule has 34 heavy (non-hydrogen) atoms. The summed E-state index contributed by atoms with van der Waals surface area (Å²) in [7, 11) is 0. The van der Waals surface area contributed by atoms with Crippen LogP contribution in [0.2, 0.25) is 0 Å². The molecule has 6 nitrogen and oxygen atoms in total. The number of aromatic nitrogens is 1. The summed E-state index contributed by atoms with van der Waals surface area (Å²) in [5.74, 6) is -0.557. The molecule has 3 aromatic rings. The number of aryl methyl sites for hydroxylation is 1. The van der Waals surface area contributed by atoms with Crippen LogP contribution in [0.25, 0.3) is 5.76 Å². The first-order valence-corrected chi connectivity index (χ1v) is 11.3. The molecule has 1 atom stereocenters. The topological polar surface area (TPSA) is 79.7 Å². The van der Waals surface area contributed by atoms with Crippen LogP contribution in [0.3, 0.4) is 0 Å². The third-order valence-electron chi connectivity index (χ3n) is 6.01. The number of aliphatic hydroxyl groups is 1. The lowest BCUT2D eigenvalue weighted by molar-refractivity contribution is -0.132. The van der Waals surface area contributed by atoms with Gasteiger partial charge in [-0.2, -0.15) is 0 Å². The normalized spacial score (nSPS) is 17.4. The number of pyridine rings is 1. The Morgan fingerprint density at radius 3 is 2.35 bits per heavy atom. The van der Waals surface area contributed by atoms with E-state index in [1.54, 1.807) is 48.8 Å². The fourth-order valence-corrected chi connectivity index (χ4v) is 4.07. The number of rotatable bonds is 6. The summed E-state index contributed by atoms with van der Waals surface area (Å²) in [5, 5.41) is 11.3. The minimum absolute atomic E-state index is 0.0490. The van der Waals surface area contributed by atoms with Gasteiger partial charge in [-0.3, -0.25) is 19.5 Å². The number of hydrogen-bond donors (Lipinski definition) is 1.